The summed E-state index contributed by atoms with van der Waals surface area (Å²) in [6, 6.07) is 0. The number of unbranched alkanes of at least 4 members (excludes halogenated alkanes) is 19. The molecule has 2 atom stereocenters. The van der Waals surface area contributed by atoms with Gasteiger partial charge in [-0.3, -0.25) is 18.6 Å². The van der Waals surface area contributed by atoms with Crippen LogP contribution in [0.1, 0.15) is 187 Å². The third kappa shape index (κ3) is 43.4. The van der Waals surface area contributed by atoms with Gasteiger partial charge in [0, 0.05) is 12.8 Å². The van der Waals surface area contributed by atoms with Gasteiger partial charge in [-0.05, 0) is 77.0 Å². The molecule has 0 amide bonds. The lowest BCUT2D eigenvalue weighted by molar-refractivity contribution is -0.870. The van der Waals surface area contributed by atoms with Crippen molar-refractivity contribution >= 4 is 19.8 Å². The molecule has 0 heterocycles. The molecule has 1 N–H and O–H groups in total. The Morgan fingerprint density at radius 1 is 0.544 bits per heavy atom. The van der Waals surface area contributed by atoms with Crippen molar-refractivity contribution in [1.82, 2.24) is 0 Å². The van der Waals surface area contributed by atoms with E-state index in [1.807, 2.05) is 21.1 Å². The van der Waals surface area contributed by atoms with Crippen LogP contribution in [0, 0.1) is 0 Å². The number of hydrogen-bond acceptors (Lipinski definition) is 7. The van der Waals surface area contributed by atoms with E-state index in [1.165, 1.54) is 77.0 Å². The molecule has 0 saturated carbocycles. The number of phosphoric ester groups is 1. The van der Waals surface area contributed by atoms with E-state index in [9.17, 15) is 19.0 Å². The zero-order valence-electron chi connectivity index (χ0n) is 37.3. The molecule has 0 saturated heterocycles. The largest absolute Gasteiger partial charge is 0.472 e. The number of esters is 2. The summed E-state index contributed by atoms with van der Waals surface area (Å²) in [5.41, 5.74) is 0. The number of rotatable bonds is 41. The first-order chi connectivity index (χ1) is 27.5. The topological polar surface area (TPSA) is 108 Å². The molecular formula is C47H87NO8P+. The Labute approximate surface area is 350 Å². The van der Waals surface area contributed by atoms with Crippen molar-refractivity contribution in [2.45, 2.75) is 193 Å². The first-order valence-electron chi connectivity index (χ1n) is 22.9. The molecule has 0 aromatic heterocycles. The van der Waals surface area contributed by atoms with Crippen LogP contribution in [0.2, 0.25) is 0 Å². The fourth-order valence-corrected chi connectivity index (χ4v) is 6.70. The van der Waals surface area contributed by atoms with Crippen molar-refractivity contribution < 1.29 is 42.1 Å². The van der Waals surface area contributed by atoms with Crippen molar-refractivity contribution in [2.75, 3.05) is 47.5 Å². The number of nitrogens with zero attached hydrogens (tertiary/aromatic N) is 1. The zero-order valence-corrected chi connectivity index (χ0v) is 38.2. The molecule has 57 heavy (non-hydrogen) atoms. The highest BCUT2D eigenvalue weighted by molar-refractivity contribution is 7.47. The SMILES string of the molecule is CCCCC/C=C\C/C=C\C/C=C\CCCCCCC(=O)OC[C@H](COP(=O)(O)OCC[N+](C)(C)C)OC(=O)CCCCCCC/C=C\CCCCCCCCC. The van der Waals surface area contributed by atoms with Crippen LogP contribution in [0.4, 0.5) is 0 Å². The molecule has 10 heteroatoms. The van der Waals surface area contributed by atoms with Gasteiger partial charge in [0.15, 0.2) is 6.10 Å². The predicted octanol–water partition coefficient (Wildman–Crippen LogP) is 13.1. The Bertz CT molecular complexity index is 1110. The quantitative estimate of drug-likeness (QED) is 0.0213. The third-order valence-electron chi connectivity index (χ3n) is 9.58. The van der Waals surface area contributed by atoms with E-state index in [0.29, 0.717) is 23.9 Å². The van der Waals surface area contributed by atoms with E-state index >= 15 is 0 Å². The van der Waals surface area contributed by atoms with Crippen molar-refractivity contribution in [3.05, 3.63) is 48.6 Å². The summed E-state index contributed by atoms with van der Waals surface area (Å²) in [6.07, 6.45) is 45.8. The second-order valence-corrected chi connectivity index (χ2v) is 17.9. The lowest BCUT2D eigenvalue weighted by Crippen LogP contribution is -2.37. The summed E-state index contributed by atoms with van der Waals surface area (Å²) in [6.45, 7) is 4.36. The van der Waals surface area contributed by atoms with Crippen LogP contribution in [0.3, 0.4) is 0 Å². The summed E-state index contributed by atoms with van der Waals surface area (Å²) in [7, 11) is 1.45. The maximum absolute atomic E-state index is 12.7. The van der Waals surface area contributed by atoms with E-state index < -0.39 is 32.5 Å². The summed E-state index contributed by atoms with van der Waals surface area (Å²) >= 11 is 0. The van der Waals surface area contributed by atoms with Crippen LogP contribution >= 0.6 is 7.82 Å². The molecule has 0 aliphatic heterocycles. The fraction of sp³-hybridized carbons (Fsp3) is 0.787. The van der Waals surface area contributed by atoms with E-state index in [4.69, 9.17) is 18.5 Å². The van der Waals surface area contributed by atoms with Crippen LogP contribution < -0.4 is 0 Å². The highest BCUT2D eigenvalue weighted by atomic mass is 31.2. The Morgan fingerprint density at radius 2 is 0.947 bits per heavy atom. The molecule has 0 radical (unpaired) electrons. The summed E-state index contributed by atoms with van der Waals surface area (Å²) < 4.78 is 34.3. The van der Waals surface area contributed by atoms with Gasteiger partial charge in [0.1, 0.15) is 19.8 Å². The number of hydrogen-bond donors (Lipinski definition) is 1. The second kappa shape index (κ2) is 39.4. The number of phosphoric acid groups is 1. The maximum atomic E-state index is 12.7. The average molecular weight is 825 g/mol. The Balaban J connectivity index is 4.40. The smallest absolute Gasteiger partial charge is 0.462 e. The molecule has 0 aliphatic rings. The minimum atomic E-state index is -4.38. The highest BCUT2D eigenvalue weighted by Gasteiger charge is 2.27. The molecular weight excluding hydrogens is 737 g/mol. The molecule has 0 aromatic rings. The van der Waals surface area contributed by atoms with Crippen LogP contribution in [0.5, 0.6) is 0 Å². The van der Waals surface area contributed by atoms with E-state index in [1.54, 1.807) is 0 Å². The molecule has 332 valence electrons. The number of likely N-dealkylation sites (N-methyl/N-ethyl adjacent to an activating group) is 1. The number of carbonyl (C=O) groups excluding carboxylic acids is 2. The van der Waals surface area contributed by atoms with Gasteiger partial charge < -0.3 is 18.9 Å². The normalized spacial score (nSPS) is 14.0. The van der Waals surface area contributed by atoms with E-state index in [-0.39, 0.29) is 26.1 Å². The van der Waals surface area contributed by atoms with E-state index in [0.717, 1.165) is 70.6 Å². The minimum absolute atomic E-state index is 0.0251. The van der Waals surface area contributed by atoms with Crippen molar-refractivity contribution in [3.8, 4) is 0 Å². The van der Waals surface area contributed by atoms with Crippen LogP contribution in [-0.4, -0.2) is 74.9 Å². The summed E-state index contributed by atoms with van der Waals surface area (Å²) in [5.74, 6) is -0.834. The van der Waals surface area contributed by atoms with Crippen LogP contribution in [-0.2, 0) is 32.7 Å². The molecule has 0 aromatic carbocycles. The van der Waals surface area contributed by atoms with E-state index in [2.05, 4.69) is 62.5 Å². The molecule has 0 fully saturated rings. The third-order valence-corrected chi connectivity index (χ3v) is 10.6. The average Bonchev–Trinajstić information content (AvgIpc) is 3.16. The van der Waals surface area contributed by atoms with Gasteiger partial charge in [0.25, 0.3) is 0 Å². The Morgan fingerprint density at radius 3 is 1.46 bits per heavy atom. The van der Waals surface area contributed by atoms with Gasteiger partial charge in [-0.15, -0.1) is 0 Å². The van der Waals surface area contributed by atoms with Gasteiger partial charge in [-0.25, -0.2) is 4.57 Å². The van der Waals surface area contributed by atoms with Crippen molar-refractivity contribution in [1.29, 1.82) is 0 Å². The predicted molar refractivity (Wildman–Crippen MR) is 238 cm³/mol. The first kappa shape index (κ1) is 55.0. The fourth-order valence-electron chi connectivity index (χ4n) is 5.96. The molecule has 9 nitrogen and oxygen atoms in total. The zero-order chi connectivity index (χ0) is 42.1. The second-order valence-electron chi connectivity index (χ2n) is 16.4. The Hall–Kier alpha value is -2.03. The Kier molecular flexibility index (Phi) is 38.0. The van der Waals surface area contributed by atoms with Gasteiger partial charge in [-0.2, -0.15) is 0 Å². The lowest BCUT2D eigenvalue weighted by atomic mass is 10.1. The standard InChI is InChI=1S/C47H86NO8P/c1-6-8-10-12-14-16-18-20-22-24-26-27-29-31-33-35-37-39-46(49)53-43-45(44-55-57(51,52)54-42-41-48(3,4)5)56-47(50)40-38-36-34-32-30-28-25-23-21-19-17-15-13-11-9-7-2/h14,16,20,22-23,25-27,45H,6-13,15,17-19,21,24,28-44H2,1-5H3/p+1/b16-14-,22-20-,25-23-,27-26-/t45-/m1/s1. The molecule has 1 unspecified atom stereocenters. The van der Waals surface area contributed by atoms with Crippen molar-refractivity contribution in [3.63, 3.8) is 0 Å². The lowest BCUT2D eigenvalue weighted by Gasteiger charge is -2.24. The van der Waals surface area contributed by atoms with Gasteiger partial charge in [-0.1, -0.05) is 146 Å². The molecule has 0 spiro atoms. The maximum Gasteiger partial charge on any atom is 0.472 e. The summed E-state index contributed by atoms with van der Waals surface area (Å²) in [5, 5.41) is 0. The van der Waals surface area contributed by atoms with Gasteiger partial charge in [0.2, 0.25) is 0 Å². The number of allylic oxidation sites excluding steroid dienone is 8. The number of ether oxygens (including phenoxy) is 2. The number of quaternary nitrogens is 1. The van der Waals surface area contributed by atoms with Crippen LogP contribution in [0.25, 0.3) is 0 Å². The first-order valence-corrected chi connectivity index (χ1v) is 24.4. The molecule has 0 aliphatic carbocycles. The van der Waals surface area contributed by atoms with Gasteiger partial charge in [0.05, 0.1) is 27.7 Å². The minimum Gasteiger partial charge on any atom is -0.462 e. The number of carbonyl (C=O) groups is 2. The highest BCUT2D eigenvalue weighted by Crippen LogP contribution is 2.43. The molecule has 0 rings (SSSR count). The summed E-state index contributed by atoms with van der Waals surface area (Å²) in [4.78, 5) is 35.4. The monoisotopic (exact) mass is 825 g/mol. The molecule has 0 bridgehead atoms. The van der Waals surface area contributed by atoms with Crippen LogP contribution in [0.15, 0.2) is 48.6 Å². The van der Waals surface area contributed by atoms with Gasteiger partial charge >= 0.3 is 19.8 Å². The van der Waals surface area contributed by atoms with Crippen molar-refractivity contribution in [2.24, 2.45) is 0 Å².